The Kier molecular flexibility index (Phi) is 5.93. The van der Waals surface area contributed by atoms with Gasteiger partial charge in [-0.15, -0.1) is 11.3 Å². The van der Waals surface area contributed by atoms with Crippen molar-refractivity contribution in [3.63, 3.8) is 0 Å². The van der Waals surface area contributed by atoms with E-state index in [0.717, 1.165) is 66.4 Å². The molecule has 0 amide bonds. The van der Waals surface area contributed by atoms with E-state index in [-0.39, 0.29) is 0 Å². The van der Waals surface area contributed by atoms with Crippen molar-refractivity contribution < 1.29 is 0 Å². The molecule has 0 radical (unpaired) electrons. The van der Waals surface area contributed by atoms with Crippen molar-refractivity contribution >= 4 is 23.1 Å². The summed E-state index contributed by atoms with van der Waals surface area (Å²) in [5.74, 6) is 1.76. The number of anilines is 2. The highest BCUT2D eigenvalue weighted by Crippen LogP contribution is 2.25. The van der Waals surface area contributed by atoms with Crippen LogP contribution in [0.1, 0.15) is 17.0 Å². The van der Waals surface area contributed by atoms with Gasteiger partial charge < -0.3 is 9.80 Å². The summed E-state index contributed by atoms with van der Waals surface area (Å²) < 4.78 is 0. The molecule has 154 valence electrons. The Labute approximate surface area is 181 Å². The summed E-state index contributed by atoms with van der Waals surface area (Å²) in [4.78, 5) is 20.7. The number of nitrogens with zero attached hydrogens (tertiary/aromatic N) is 7. The Bertz CT molecular complexity index is 1040. The summed E-state index contributed by atoms with van der Waals surface area (Å²) in [6.07, 6.45) is 0. The lowest BCUT2D eigenvalue weighted by Crippen LogP contribution is -2.46. The quantitative estimate of drug-likeness (QED) is 0.629. The highest BCUT2D eigenvalue weighted by atomic mass is 32.1. The fourth-order valence-electron chi connectivity index (χ4n) is 3.46. The minimum absolute atomic E-state index is 0.671. The molecule has 0 bridgehead atoms. The van der Waals surface area contributed by atoms with Crippen LogP contribution in [0.15, 0.2) is 35.7 Å². The molecule has 1 fully saturated rings. The van der Waals surface area contributed by atoms with Crippen LogP contribution in [0.4, 0.5) is 11.8 Å². The number of aromatic nitrogens is 3. The van der Waals surface area contributed by atoms with E-state index in [2.05, 4.69) is 32.3 Å². The molecule has 7 nitrogen and oxygen atoms in total. The first-order valence-corrected chi connectivity index (χ1v) is 10.8. The average Bonchev–Trinajstić information content (AvgIpc) is 3.22. The Morgan fingerprint density at radius 3 is 2.47 bits per heavy atom. The minimum Gasteiger partial charge on any atom is -0.354 e. The van der Waals surface area contributed by atoms with Crippen molar-refractivity contribution in [3.05, 3.63) is 52.7 Å². The summed E-state index contributed by atoms with van der Waals surface area (Å²) in [5, 5.41) is 12.1. The van der Waals surface area contributed by atoms with Crippen molar-refractivity contribution in [1.82, 2.24) is 19.9 Å². The maximum atomic E-state index is 8.95. The van der Waals surface area contributed by atoms with E-state index in [1.54, 1.807) is 11.3 Å². The number of hydrogen-bond donors (Lipinski definition) is 0. The summed E-state index contributed by atoms with van der Waals surface area (Å²) >= 11 is 1.66. The molecule has 2 aromatic heterocycles. The molecule has 1 aliphatic rings. The second-order valence-electron chi connectivity index (χ2n) is 7.66. The van der Waals surface area contributed by atoms with Crippen molar-refractivity contribution in [2.75, 3.05) is 50.1 Å². The van der Waals surface area contributed by atoms with Crippen molar-refractivity contribution in [3.8, 4) is 16.6 Å². The molecule has 1 aliphatic heterocycles. The number of piperazine rings is 1. The van der Waals surface area contributed by atoms with Crippen LogP contribution in [0, 0.1) is 18.3 Å². The molecule has 0 spiro atoms. The number of thiazole rings is 1. The molecule has 4 rings (SSSR count). The Morgan fingerprint density at radius 2 is 1.80 bits per heavy atom. The lowest BCUT2D eigenvalue weighted by molar-refractivity contribution is 0.247. The molecule has 1 saturated heterocycles. The SMILES string of the molecule is Cc1cc(N2CCN(Cc3csc(-c4ccc(C#N)cc4)n3)CC2)nc(N(C)C)n1. The van der Waals surface area contributed by atoms with Crippen molar-refractivity contribution in [2.24, 2.45) is 0 Å². The maximum Gasteiger partial charge on any atom is 0.226 e. The fourth-order valence-corrected chi connectivity index (χ4v) is 4.28. The molecule has 0 unspecified atom stereocenters. The topological polar surface area (TPSA) is 72.2 Å². The van der Waals surface area contributed by atoms with Gasteiger partial charge in [-0.2, -0.15) is 10.2 Å². The number of benzene rings is 1. The van der Waals surface area contributed by atoms with Gasteiger partial charge in [-0.1, -0.05) is 12.1 Å². The Morgan fingerprint density at radius 1 is 1.07 bits per heavy atom. The van der Waals surface area contributed by atoms with Gasteiger partial charge in [-0.25, -0.2) is 9.97 Å². The normalized spacial score (nSPS) is 14.5. The number of nitriles is 1. The van der Waals surface area contributed by atoms with Crippen LogP contribution in [-0.2, 0) is 6.54 Å². The summed E-state index contributed by atoms with van der Waals surface area (Å²) in [6.45, 7) is 6.70. The molecular formula is C22H25N7S. The van der Waals surface area contributed by atoms with Gasteiger partial charge in [0.15, 0.2) is 0 Å². The molecule has 8 heteroatoms. The highest BCUT2D eigenvalue weighted by molar-refractivity contribution is 7.13. The van der Waals surface area contributed by atoms with Gasteiger partial charge in [0, 0.05) is 69.5 Å². The van der Waals surface area contributed by atoms with E-state index < -0.39 is 0 Å². The Balaban J connectivity index is 1.36. The monoisotopic (exact) mass is 419 g/mol. The van der Waals surface area contributed by atoms with Crippen LogP contribution in [0.25, 0.3) is 10.6 Å². The first kappa shape index (κ1) is 20.3. The van der Waals surface area contributed by atoms with Crippen LogP contribution >= 0.6 is 11.3 Å². The lowest BCUT2D eigenvalue weighted by atomic mass is 10.1. The highest BCUT2D eigenvalue weighted by Gasteiger charge is 2.20. The van der Waals surface area contributed by atoms with Gasteiger partial charge in [-0.05, 0) is 19.1 Å². The van der Waals surface area contributed by atoms with Crippen LogP contribution < -0.4 is 9.80 Å². The zero-order valence-corrected chi connectivity index (χ0v) is 18.4. The summed E-state index contributed by atoms with van der Waals surface area (Å²) in [6, 6.07) is 11.8. The zero-order chi connectivity index (χ0) is 21.1. The molecule has 0 aliphatic carbocycles. The molecule has 0 atom stereocenters. The van der Waals surface area contributed by atoms with E-state index in [1.165, 1.54) is 0 Å². The summed E-state index contributed by atoms with van der Waals surface area (Å²) in [5.41, 5.74) is 3.82. The van der Waals surface area contributed by atoms with Crippen LogP contribution in [-0.4, -0.2) is 60.1 Å². The van der Waals surface area contributed by atoms with Gasteiger partial charge in [0.25, 0.3) is 0 Å². The van der Waals surface area contributed by atoms with E-state index in [9.17, 15) is 0 Å². The van der Waals surface area contributed by atoms with Gasteiger partial charge in [-0.3, -0.25) is 4.90 Å². The predicted octanol–water partition coefficient (Wildman–Crippen LogP) is 3.17. The van der Waals surface area contributed by atoms with Crippen LogP contribution in [0.2, 0.25) is 0 Å². The molecule has 3 heterocycles. The molecular weight excluding hydrogens is 394 g/mol. The molecule has 1 aromatic carbocycles. The molecule has 30 heavy (non-hydrogen) atoms. The van der Waals surface area contributed by atoms with Crippen LogP contribution in [0.3, 0.4) is 0 Å². The van der Waals surface area contributed by atoms with E-state index in [0.29, 0.717) is 5.56 Å². The predicted molar refractivity (Wildman–Crippen MR) is 121 cm³/mol. The lowest BCUT2D eigenvalue weighted by Gasteiger charge is -2.35. The van der Waals surface area contributed by atoms with Crippen LogP contribution in [0.5, 0.6) is 0 Å². The largest absolute Gasteiger partial charge is 0.354 e. The third-order valence-corrected chi connectivity index (χ3v) is 6.06. The minimum atomic E-state index is 0.671. The maximum absolute atomic E-state index is 8.95. The fraction of sp³-hybridized carbons (Fsp3) is 0.364. The number of hydrogen-bond acceptors (Lipinski definition) is 8. The second-order valence-corrected chi connectivity index (χ2v) is 8.52. The first-order chi connectivity index (χ1) is 14.5. The molecule has 0 saturated carbocycles. The van der Waals surface area contributed by atoms with Gasteiger partial charge >= 0.3 is 0 Å². The van der Waals surface area contributed by atoms with Gasteiger partial charge in [0.05, 0.1) is 17.3 Å². The molecule has 3 aromatic rings. The molecule has 0 N–H and O–H groups in total. The summed E-state index contributed by atoms with van der Waals surface area (Å²) in [7, 11) is 3.94. The van der Waals surface area contributed by atoms with Gasteiger partial charge in [0.1, 0.15) is 10.8 Å². The Hall–Kier alpha value is -3.02. The zero-order valence-electron chi connectivity index (χ0n) is 17.5. The van der Waals surface area contributed by atoms with E-state index in [1.807, 2.05) is 50.2 Å². The standard InChI is InChI=1S/C22H25N7S/c1-16-12-20(26-22(24-16)27(2)3)29-10-8-28(9-11-29)14-19-15-30-21(25-19)18-6-4-17(13-23)5-7-18/h4-7,12,15H,8-11,14H2,1-3H3. The van der Waals surface area contributed by atoms with Crippen molar-refractivity contribution in [2.45, 2.75) is 13.5 Å². The van der Waals surface area contributed by atoms with Gasteiger partial charge in [0.2, 0.25) is 5.95 Å². The van der Waals surface area contributed by atoms with Crippen molar-refractivity contribution in [1.29, 1.82) is 5.26 Å². The smallest absolute Gasteiger partial charge is 0.226 e. The third-order valence-electron chi connectivity index (χ3n) is 5.12. The average molecular weight is 420 g/mol. The second kappa shape index (κ2) is 8.78. The first-order valence-electron chi connectivity index (χ1n) is 9.97. The number of rotatable bonds is 5. The third kappa shape index (κ3) is 4.58. The van der Waals surface area contributed by atoms with E-state index >= 15 is 0 Å². The number of aryl methyl sites for hydroxylation is 1. The van der Waals surface area contributed by atoms with E-state index in [4.69, 9.17) is 15.2 Å².